The molecule has 0 saturated carbocycles. The van der Waals surface area contributed by atoms with E-state index in [2.05, 4.69) is 16.0 Å². The second kappa shape index (κ2) is 16.7. The van der Waals surface area contributed by atoms with Crippen LogP contribution >= 0.6 is 0 Å². The number of benzene rings is 4. The fraction of sp³-hybridized carbons (Fsp3) is 0.250. The maximum absolute atomic E-state index is 13.7. The summed E-state index contributed by atoms with van der Waals surface area (Å²) in [5.41, 5.74) is 3.04. The zero-order valence-electron chi connectivity index (χ0n) is 26.8. The highest BCUT2D eigenvalue weighted by Gasteiger charge is 2.24. The Bertz CT molecular complexity index is 1820. The van der Waals surface area contributed by atoms with E-state index in [0.717, 1.165) is 21.7 Å². The molecule has 0 heterocycles. The molecule has 252 valence electrons. The Balaban J connectivity index is 1.53. The summed E-state index contributed by atoms with van der Waals surface area (Å²) in [6.45, 7) is 0.684. The van der Waals surface area contributed by atoms with Crippen LogP contribution in [0.2, 0.25) is 0 Å². The second-order valence-corrected chi connectivity index (χ2v) is 13.5. The number of rotatable bonds is 16. The predicted molar refractivity (Wildman–Crippen MR) is 185 cm³/mol. The second-order valence-electron chi connectivity index (χ2n) is 11.5. The molecular formula is C36H40N4O7S. The lowest BCUT2D eigenvalue weighted by atomic mass is 10.00. The van der Waals surface area contributed by atoms with E-state index in [1.807, 2.05) is 60.7 Å². The average Bonchev–Trinajstić information content (AvgIpc) is 3.08. The third kappa shape index (κ3) is 10.5. The van der Waals surface area contributed by atoms with Gasteiger partial charge in [-0.3, -0.25) is 13.9 Å². The van der Waals surface area contributed by atoms with Crippen molar-refractivity contribution in [1.82, 2.24) is 16.0 Å². The Hall–Kier alpha value is -5.04. The van der Waals surface area contributed by atoms with Crippen molar-refractivity contribution in [2.75, 3.05) is 30.7 Å². The zero-order valence-corrected chi connectivity index (χ0v) is 27.6. The number of aromatic carboxylic acids is 1. The number of carboxylic acids is 1. The van der Waals surface area contributed by atoms with E-state index in [1.165, 1.54) is 31.3 Å². The Morgan fingerprint density at radius 1 is 0.771 bits per heavy atom. The third-order valence-corrected chi connectivity index (χ3v) is 8.99. The number of aliphatic hydroxyl groups excluding tert-OH is 1. The number of hydrogen-bond donors (Lipinski definition) is 5. The fourth-order valence-electron chi connectivity index (χ4n) is 5.04. The molecule has 0 aliphatic rings. The molecule has 2 amide bonds. The number of carboxylic acid groups (broad SMARTS) is 1. The first-order valence-corrected chi connectivity index (χ1v) is 17.2. The van der Waals surface area contributed by atoms with Crippen molar-refractivity contribution in [1.29, 1.82) is 0 Å². The largest absolute Gasteiger partial charge is 0.478 e. The highest BCUT2D eigenvalue weighted by molar-refractivity contribution is 7.92. The molecule has 4 rings (SSSR count). The molecule has 2 atom stereocenters. The number of hydrogen-bond acceptors (Lipinski definition) is 7. The molecule has 5 N–H and O–H groups in total. The number of amides is 2. The van der Waals surface area contributed by atoms with Crippen LogP contribution in [0.25, 0.3) is 0 Å². The molecule has 4 aromatic carbocycles. The van der Waals surface area contributed by atoms with Gasteiger partial charge in [0.1, 0.15) is 0 Å². The molecule has 4 aromatic rings. The fourth-order valence-corrected chi connectivity index (χ4v) is 5.53. The number of carbonyl (C=O) groups is 3. The molecule has 12 heteroatoms. The van der Waals surface area contributed by atoms with Crippen LogP contribution in [0.4, 0.5) is 5.69 Å². The average molecular weight is 673 g/mol. The standard InChI is InChI=1S/C36H40N4O7S/c1-40(48(2,46)47)31-21-29(34(42)38-17-16-25-10-5-3-6-11-25)20-30(22-31)35(43)39-32(19-26-12-7-4-8-13-26)33(41)24-37-23-27-14-9-15-28(18-27)36(44)45/h3-15,18,20-22,32-33,37,41H,16-17,19,23-24H2,1-2H3,(H,38,42)(H,39,43)(H,44,45)/t32-,33+/m0/s1. The van der Waals surface area contributed by atoms with Crippen molar-refractivity contribution in [3.63, 3.8) is 0 Å². The molecule has 0 fully saturated rings. The minimum atomic E-state index is -3.72. The van der Waals surface area contributed by atoms with E-state index in [4.69, 9.17) is 0 Å². The number of aliphatic hydroxyl groups is 1. The van der Waals surface area contributed by atoms with Gasteiger partial charge >= 0.3 is 5.97 Å². The van der Waals surface area contributed by atoms with Gasteiger partial charge in [-0.2, -0.15) is 0 Å². The van der Waals surface area contributed by atoms with Crippen molar-refractivity contribution in [3.05, 3.63) is 137 Å². The van der Waals surface area contributed by atoms with E-state index in [9.17, 15) is 33.0 Å². The summed E-state index contributed by atoms with van der Waals surface area (Å²) in [6.07, 6.45) is 0.816. The summed E-state index contributed by atoms with van der Waals surface area (Å²) in [6, 6.07) is 28.8. The SMILES string of the molecule is CN(c1cc(C(=O)NCCc2ccccc2)cc(C(=O)N[C@@H](Cc2ccccc2)[C@H](O)CNCc2cccc(C(=O)O)c2)c1)S(C)(=O)=O. The third-order valence-electron chi connectivity index (χ3n) is 7.78. The van der Waals surface area contributed by atoms with Gasteiger partial charge < -0.3 is 26.2 Å². The number of carbonyl (C=O) groups excluding carboxylic acids is 2. The summed E-state index contributed by atoms with van der Waals surface area (Å²) in [7, 11) is -2.39. The van der Waals surface area contributed by atoms with E-state index >= 15 is 0 Å². The van der Waals surface area contributed by atoms with Crippen molar-refractivity contribution in [3.8, 4) is 0 Å². The highest BCUT2D eigenvalue weighted by atomic mass is 32.2. The highest BCUT2D eigenvalue weighted by Crippen LogP contribution is 2.21. The van der Waals surface area contributed by atoms with Crippen LogP contribution in [0.3, 0.4) is 0 Å². The molecule has 48 heavy (non-hydrogen) atoms. The molecule has 0 aliphatic heterocycles. The number of anilines is 1. The molecular weight excluding hydrogens is 632 g/mol. The monoisotopic (exact) mass is 672 g/mol. The van der Waals surface area contributed by atoms with Gasteiger partial charge in [-0.25, -0.2) is 13.2 Å². The van der Waals surface area contributed by atoms with Gasteiger partial charge in [0.05, 0.1) is 29.7 Å². The zero-order chi connectivity index (χ0) is 34.7. The first kappa shape index (κ1) is 35.8. The van der Waals surface area contributed by atoms with Crippen LogP contribution in [0.1, 0.15) is 47.8 Å². The van der Waals surface area contributed by atoms with Gasteiger partial charge in [-0.15, -0.1) is 0 Å². The summed E-state index contributed by atoms with van der Waals surface area (Å²) in [5, 5.41) is 29.4. The summed E-state index contributed by atoms with van der Waals surface area (Å²) >= 11 is 0. The summed E-state index contributed by atoms with van der Waals surface area (Å²) in [4.78, 5) is 38.3. The van der Waals surface area contributed by atoms with Crippen molar-refractivity contribution < 1.29 is 33.0 Å². The van der Waals surface area contributed by atoms with Crippen molar-refractivity contribution in [2.45, 2.75) is 31.5 Å². The molecule has 0 aliphatic carbocycles. The van der Waals surface area contributed by atoms with Crippen LogP contribution < -0.4 is 20.3 Å². The topological polar surface area (TPSA) is 165 Å². The lowest BCUT2D eigenvalue weighted by molar-refractivity contribution is 0.0696. The maximum Gasteiger partial charge on any atom is 0.335 e. The maximum atomic E-state index is 13.7. The quantitative estimate of drug-likeness (QED) is 0.121. The molecule has 0 unspecified atom stereocenters. The smallest absolute Gasteiger partial charge is 0.335 e. The van der Waals surface area contributed by atoms with Crippen molar-refractivity contribution in [2.24, 2.45) is 0 Å². The molecule has 11 nitrogen and oxygen atoms in total. The van der Waals surface area contributed by atoms with Gasteiger partial charge in [0.15, 0.2) is 0 Å². The molecule has 0 saturated heterocycles. The predicted octanol–water partition coefficient (Wildman–Crippen LogP) is 3.24. The lowest BCUT2D eigenvalue weighted by Crippen LogP contribution is -2.48. The Labute approximate surface area is 280 Å². The van der Waals surface area contributed by atoms with E-state index in [0.29, 0.717) is 18.5 Å². The Morgan fingerprint density at radius 2 is 1.38 bits per heavy atom. The summed E-state index contributed by atoms with van der Waals surface area (Å²) in [5.74, 6) is -2.12. The van der Waals surface area contributed by atoms with Crippen LogP contribution in [-0.2, 0) is 29.4 Å². The van der Waals surface area contributed by atoms with E-state index < -0.39 is 40.0 Å². The Morgan fingerprint density at radius 3 is 2.00 bits per heavy atom. The van der Waals surface area contributed by atoms with Gasteiger partial charge in [-0.05, 0) is 59.9 Å². The molecule has 0 radical (unpaired) electrons. The van der Waals surface area contributed by atoms with Gasteiger partial charge in [-0.1, -0.05) is 72.8 Å². The first-order valence-electron chi connectivity index (χ1n) is 15.4. The number of nitrogens with one attached hydrogen (secondary N) is 3. The van der Waals surface area contributed by atoms with Crippen LogP contribution in [0.15, 0.2) is 103 Å². The lowest BCUT2D eigenvalue weighted by Gasteiger charge is -2.25. The van der Waals surface area contributed by atoms with Gasteiger partial charge in [0, 0.05) is 37.8 Å². The molecule has 0 aromatic heterocycles. The van der Waals surface area contributed by atoms with Gasteiger partial charge in [0.25, 0.3) is 11.8 Å². The number of nitrogens with zero attached hydrogens (tertiary/aromatic N) is 1. The van der Waals surface area contributed by atoms with E-state index in [-0.39, 0.29) is 41.9 Å². The van der Waals surface area contributed by atoms with Crippen LogP contribution in [0.5, 0.6) is 0 Å². The van der Waals surface area contributed by atoms with Crippen molar-refractivity contribution >= 4 is 33.5 Å². The first-order chi connectivity index (χ1) is 22.9. The number of sulfonamides is 1. The van der Waals surface area contributed by atoms with Gasteiger partial charge in [0.2, 0.25) is 10.0 Å². The Kier molecular flexibility index (Phi) is 12.4. The normalized spacial score (nSPS) is 12.5. The van der Waals surface area contributed by atoms with Crippen LogP contribution in [-0.4, -0.2) is 75.0 Å². The molecule has 0 spiro atoms. The van der Waals surface area contributed by atoms with E-state index in [1.54, 1.807) is 18.2 Å². The molecule has 0 bridgehead atoms. The minimum absolute atomic E-state index is 0.0416. The minimum Gasteiger partial charge on any atom is -0.478 e. The summed E-state index contributed by atoms with van der Waals surface area (Å²) < 4.78 is 25.8. The van der Waals surface area contributed by atoms with Crippen LogP contribution in [0, 0.1) is 0 Å².